The van der Waals surface area contributed by atoms with Crippen molar-refractivity contribution in [3.63, 3.8) is 0 Å². The van der Waals surface area contributed by atoms with Crippen LogP contribution in [0.25, 0.3) is 10.2 Å². The Bertz CT molecular complexity index is 1080. The lowest BCUT2D eigenvalue weighted by Gasteiger charge is -2.36. The van der Waals surface area contributed by atoms with Crippen LogP contribution in [0.5, 0.6) is 0 Å². The summed E-state index contributed by atoms with van der Waals surface area (Å²) in [7, 11) is 0. The van der Waals surface area contributed by atoms with E-state index in [9.17, 15) is 4.79 Å². The summed E-state index contributed by atoms with van der Waals surface area (Å²) < 4.78 is 1.06. The van der Waals surface area contributed by atoms with E-state index >= 15 is 0 Å². The molecule has 0 N–H and O–H groups in total. The molecular weight excluding hydrogens is 360 g/mol. The first-order valence-corrected chi connectivity index (χ1v) is 10.3. The van der Waals surface area contributed by atoms with Crippen LogP contribution in [0.4, 0.5) is 0 Å². The highest BCUT2D eigenvalue weighted by molar-refractivity contribution is 7.16. The Labute approximate surface area is 159 Å². The van der Waals surface area contributed by atoms with Crippen LogP contribution in [0.15, 0.2) is 65.5 Å². The lowest BCUT2D eigenvalue weighted by Crippen LogP contribution is -2.40. The van der Waals surface area contributed by atoms with E-state index in [1.807, 2.05) is 46.8 Å². The van der Waals surface area contributed by atoms with E-state index in [0.29, 0.717) is 0 Å². The summed E-state index contributed by atoms with van der Waals surface area (Å²) >= 11 is 3.36. The number of thiophene rings is 1. The SMILES string of the molecule is O=C(c1ccc2ncsc2c1)N1CCc2sccc2[C@@H]1c1ccccc1. The highest BCUT2D eigenvalue weighted by Gasteiger charge is 2.33. The number of benzene rings is 2. The second kappa shape index (κ2) is 6.34. The highest BCUT2D eigenvalue weighted by atomic mass is 32.1. The van der Waals surface area contributed by atoms with E-state index in [-0.39, 0.29) is 11.9 Å². The van der Waals surface area contributed by atoms with Gasteiger partial charge >= 0.3 is 0 Å². The summed E-state index contributed by atoms with van der Waals surface area (Å²) in [5.41, 5.74) is 5.94. The molecule has 4 aromatic rings. The molecule has 1 aliphatic rings. The lowest BCUT2D eigenvalue weighted by atomic mass is 9.92. The normalized spacial score (nSPS) is 16.6. The maximum Gasteiger partial charge on any atom is 0.254 e. The van der Waals surface area contributed by atoms with Gasteiger partial charge in [0.1, 0.15) is 0 Å². The van der Waals surface area contributed by atoms with Gasteiger partial charge < -0.3 is 4.90 Å². The minimum atomic E-state index is -0.0177. The molecule has 2 aromatic carbocycles. The first-order valence-electron chi connectivity index (χ1n) is 8.57. The molecule has 0 radical (unpaired) electrons. The zero-order valence-corrected chi connectivity index (χ0v) is 15.6. The van der Waals surface area contributed by atoms with Crippen molar-refractivity contribution in [1.29, 1.82) is 0 Å². The second-order valence-electron chi connectivity index (χ2n) is 6.40. The largest absolute Gasteiger partial charge is 0.327 e. The number of carbonyl (C=O) groups is 1. The van der Waals surface area contributed by atoms with Gasteiger partial charge in [-0.3, -0.25) is 4.79 Å². The van der Waals surface area contributed by atoms with Crippen molar-refractivity contribution in [2.24, 2.45) is 0 Å². The molecule has 0 saturated heterocycles. The molecule has 1 amide bonds. The van der Waals surface area contributed by atoms with Gasteiger partial charge in [-0.2, -0.15) is 0 Å². The van der Waals surface area contributed by atoms with Gasteiger partial charge in [-0.1, -0.05) is 30.3 Å². The highest BCUT2D eigenvalue weighted by Crippen LogP contribution is 2.38. The fourth-order valence-electron chi connectivity index (χ4n) is 3.68. The summed E-state index contributed by atoms with van der Waals surface area (Å²) in [4.78, 5) is 21.1. The summed E-state index contributed by atoms with van der Waals surface area (Å²) in [6.45, 7) is 0.743. The fourth-order valence-corrected chi connectivity index (χ4v) is 5.30. The molecule has 0 bridgehead atoms. The average Bonchev–Trinajstić information content (AvgIpc) is 3.35. The van der Waals surface area contributed by atoms with Crippen molar-refractivity contribution >= 4 is 38.8 Å². The Morgan fingerprint density at radius 1 is 1.08 bits per heavy atom. The molecule has 1 atom stereocenters. The fraction of sp³-hybridized carbons (Fsp3) is 0.143. The van der Waals surface area contributed by atoms with Gasteiger partial charge in [-0.15, -0.1) is 22.7 Å². The van der Waals surface area contributed by atoms with E-state index in [1.165, 1.54) is 16.0 Å². The number of amides is 1. The summed E-state index contributed by atoms with van der Waals surface area (Å²) in [6.07, 6.45) is 0.922. The minimum absolute atomic E-state index is 0.0177. The first kappa shape index (κ1) is 15.7. The van der Waals surface area contributed by atoms with E-state index in [4.69, 9.17) is 0 Å². The quantitative estimate of drug-likeness (QED) is 0.485. The number of hydrogen-bond acceptors (Lipinski definition) is 4. The van der Waals surface area contributed by atoms with Gasteiger partial charge in [-0.25, -0.2) is 4.98 Å². The molecule has 1 aliphatic heterocycles. The summed E-state index contributed by atoms with van der Waals surface area (Å²) in [5.74, 6) is 0.0889. The number of aromatic nitrogens is 1. The molecule has 2 aromatic heterocycles. The van der Waals surface area contributed by atoms with E-state index in [2.05, 4.69) is 28.6 Å². The number of rotatable bonds is 2. The van der Waals surface area contributed by atoms with E-state index in [0.717, 1.165) is 28.7 Å². The molecule has 128 valence electrons. The lowest BCUT2D eigenvalue weighted by molar-refractivity contribution is 0.0696. The predicted octanol–water partition coefficient (Wildman–Crippen LogP) is 5.15. The Kier molecular flexibility index (Phi) is 3.84. The smallest absolute Gasteiger partial charge is 0.254 e. The third kappa shape index (κ3) is 2.55. The Hall–Kier alpha value is -2.50. The zero-order chi connectivity index (χ0) is 17.5. The van der Waals surface area contributed by atoms with Crippen molar-refractivity contribution in [3.8, 4) is 0 Å². The maximum absolute atomic E-state index is 13.4. The standard InChI is InChI=1S/C21H16N2OS2/c24-21(15-6-7-17-19(12-15)26-13-22-17)23-10-8-18-16(9-11-25-18)20(23)14-4-2-1-3-5-14/h1-7,9,11-13,20H,8,10H2/t20-/m0/s1. The first-order chi connectivity index (χ1) is 12.8. The zero-order valence-electron chi connectivity index (χ0n) is 14.0. The Balaban J connectivity index is 1.59. The van der Waals surface area contributed by atoms with Gasteiger partial charge in [0.15, 0.2) is 0 Å². The Morgan fingerprint density at radius 3 is 2.85 bits per heavy atom. The molecule has 0 saturated carbocycles. The molecular formula is C21H16N2OS2. The van der Waals surface area contributed by atoms with Crippen LogP contribution >= 0.6 is 22.7 Å². The van der Waals surface area contributed by atoms with Crippen molar-refractivity contribution in [1.82, 2.24) is 9.88 Å². The molecule has 0 spiro atoms. The second-order valence-corrected chi connectivity index (χ2v) is 8.28. The van der Waals surface area contributed by atoms with Gasteiger partial charge in [0.05, 0.1) is 21.8 Å². The van der Waals surface area contributed by atoms with Crippen molar-refractivity contribution < 1.29 is 4.79 Å². The van der Waals surface area contributed by atoms with Crippen LogP contribution in [0, 0.1) is 0 Å². The van der Waals surface area contributed by atoms with Gasteiger partial charge in [0.2, 0.25) is 0 Å². The van der Waals surface area contributed by atoms with Crippen LogP contribution in [-0.4, -0.2) is 22.3 Å². The van der Waals surface area contributed by atoms with Crippen molar-refractivity contribution in [2.45, 2.75) is 12.5 Å². The Morgan fingerprint density at radius 2 is 1.96 bits per heavy atom. The van der Waals surface area contributed by atoms with Crippen LogP contribution < -0.4 is 0 Å². The number of hydrogen-bond donors (Lipinski definition) is 0. The predicted molar refractivity (Wildman–Crippen MR) is 107 cm³/mol. The minimum Gasteiger partial charge on any atom is -0.327 e. The molecule has 5 rings (SSSR count). The molecule has 3 heterocycles. The third-order valence-electron chi connectivity index (χ3n) is 4.92. The van der Waals surface area contributed by atoms with Crippen LogP contribution in [-0.2, 0) is 6.42 Å². The molecule has 0 aliphatic carbocycles. The summed E-state index contributed by atoms with van der Waals surface area (Å²) in [6, 6.07) is 18.3. The molecule has 0 fully saturated rings. The van der Waals surface area contributed by atoms with Gasteiger partial charge in [0.25, 0.3) is 5.91 Å². The number of carbonyl (C=O) groups excluding carboxylic acids is 1. The van der Waals surface area contributed by atoms with Gasteiger partial charge in [-0.05, 0) is 47.2 Å². The van der Waals surface area contributed by atoms with E-state index in [1.54, 1.807) is 22.7 Å². The van der Waals surface area contributed by atoms with Crippen LogP contribution in [0.3, 0.4) is 0 Å². The number of fused-ring (bicyclic) bond motifs is 2. The number of nitrogens with zero attached hydrogens (tertiary/aromatic N) is 2. The molecule has 3 nitrogen and oxygen atoms in total. The van der Waals surface area contributed by atoms with Crippen molar-refractivity contribution in [2.75, 3.05) is 6.54 Å². The molecule has 5 heteroatoms. The van der Waals surface area contributed by atoms with Crippen LogP contribution in [0.1, 0.15) is 32.4 Å². The third-order valence-corrected chi connectivity index (χ3v) is 6.71. The van der Waals surface area contributed by atoms with E-state index < -0.39 is 0 Å². The van der Waals surface area contributed by atoms with Gasteiger partial charge in [0, 0.05) is 17.0 Å². The molecule has 26 heavy (non-hydrogen) atoms. The number of thiazole rings is 1. The topological polar surface area (TPSA) is 33.2 Å². The average molecular weight is 377 g/mol. The van der Waals surface area contributed by atoms with Crippen LogP contribution in [0.2, 0.25) is 0 Å². The monoisotopic (exact) mass is 376 g/mol. The van der Waals surface area contributed by atoms with Crippen molar-refractivity contribution in [3.05, 3.63) is 87.1 Å². The summed E-state index contributed by atoms with van der Waals surface area (Å²) in [5, 5.41) is 2.14. The molecule has 0 unspecified atom stereocenters. The maximum atomic E-state index is 13.4.